The van der Waals surface area contributed by atoms with Crippen LogP contribution in [0.2, 0.25) is 0 Å². The summed E-state index contributed by atoms with van der Waals surface area (Å²) in [7, 11) is 0. The molecular weight excluding hydrogens is 218 g/mol. The van der Waals surface area contributed by atoms with E-state index in [-0.39, 0.29) is 11.7 Å². The maximum absolute atomic E-state index is 12.1. The second-order valence-corrected chi connectivity index (χ2v) is 4.85. The van der Waals surface area contributed by atoms with Crippen molar-refractivity contribution in [3.63, 3.8) is 0 Å². The molecule has 2 nitrogen and oxygen atoms in total. The van der Waals surface area contributed by atoms with Gasteiger partial charge in [0, 0.05) is 17.7 Å². The highest BCUT2D eigenvalue weighted by Crippen LogP contribution is 2.22. The maximum atomic E-state index is 12.1. The summed E-state index contributed by atoms with van der Waals surface area (Å²) < 4.78 is 1.09. The molecular formula is C13H15NOS. The number of Topliss-reactive ketones (excluding diaryl/α,β-unsaturated/α-hetero) is 1. The van der Waals surface area contributed by atoms with E-state index in [2.05, 4.69) is 18.8 Å². The van der Waals surface area contributed by atoms with E-state index in [9.17, 15) is 4.79 Å². The van der Waals surface area contributed by atoms with E-state index in [1.807, 2.05) is 17.5 Å². The molecule has 0 aliphatic carbocycles. The number of hydrogen-bond acceptors (Lipinski definition) is 3. The molecule has 2 aromatic rings. The first-order chi connectivity index (χ1) is 7.76. The highest BCUT2D eigenvalue weighted by molar-refractivity contribution is 7.17. The average molecular weight is 233 g/mol. The van der Waals surface area contributed by atoms with Crippen LogP contribution in [0.4, 0.5) is 0 Å². The van der Waals surface area contributed by atoms with Gasteiger partial charge in [-0.15, -0.1) is 11.3 Å². The third-order valence-electron chi connectivity index (χ3n) is 2.94. The molecule has 2 heterocycles. The third kappa shape index (κ3) is 2.00. The Hall–Kier alpha value is -1.22. The lowest BCUT2D eigenvalue weighted by molar-refractivity contribution is 0.0913. The summed E-state index contributed by atoms with van der Waals surface area (Å²) in [5.74, 6) is 0.368. The van der Waals surface area contributed by atoms with Crippen LogP contribution in [0.15, 0.2) is 23.7 Å². The van der Waals surface area contributed by atoms with Crippen molar-refractivity contribution in [2.45, 2.75) is 26.7 Å². The SMILES string of the molecule is CCC(CC)C(=O)c1cnc2ccsc2c1. The molecule has 2 rings (SSSR count). The van der Waals surface area contributed by atoms with Crippen molar-refractivity contribution in [3.8, 4) is 0 Å². The summed E-state index contributed by atoms with van der Waals surface area (Å²) in [5.41, 5.74) is 1.73. The van der Waals surface area contributed by atoms with Crippen LogP contribution in [-0.4, -0.2) is 10.8 Å². The lowest BCUT2D eigenvalue weighted by atomic mass is 9.94. The molecule has 0 saturated heterocycles. The number of carbonyl (C=O) groups excluding carboxylic acids is 1. The van der Waals surface area contributed by atoms with Crippen LogP contribution in [0.3, 0.4) is 0 Å². The molecule has 0 amide bonds. The Kier molecular flexibility index (Phi) is 3.34. The molecule has 0 N–H and O–H groups in total. The van der Waals surface area contributed by atoms with E-state index in [0.29, 0.717) is 0 Å². The Bertz CT molecular complexity index is 499. The molecule has 16 heavy (non-hydrogen) atoms. The van der Waals surface area contributed by atoms with Gasteiger partial charge >= 0.3 is 0 Å². The number of nitrogens with zero attached hydrogens (tertiary/aromatic N) is 1. The third-order valence-corrected chi connectivity index (χ3v) is 3.80. The zero-order valence-corrected chi connectivity index (χ0v) is 10.4. The Labute approximate surface area is 99.3 Å². The zero-order valence-electron chi connectivity index (χ0n) is 9.56. The minimum Gasteiger partial charge on any atom is -0.294 e. The van der Waals surface area contributed by atoms with Crippen LogP contribution in [-0.2, 0) is 0 Å². The summed E-state index contributed by atoms with van der Waals surface area (Å²) in [6.07, 6.45) is 3.51. The van der Waals surface area contributed by atoms with Crippen LogP contribution >= 0.6 is 11.3 Å². The quantitative estimate of drug-likeness (QED) is 0.749. The summed E-state index contributed by atoms with van der Waals surface area (Å²) in [6, 6.07) is 3.94. The lowest BCUT2D eigenvalue weighted by Gasteiger charge is -2.10. The fourth-order valence-electron chi connectivity index (χ4n) is 1.88. The fraction of sp³-hybridized carbons (Fsp3) is 0.385. The number of aromatic nitrogens is 1. The first-order valence-corrected chi connectivity index (χ1v) is 6.51. The number of thiophene rings is 1. The van der Waals surface area contributed by atoms with Crippen molar-refractivity contribution in [2.75, 3.05) is 0 Å². The number of hydrogen-bond donors (Lipinski definition) is 0. The molecule has 3 heteroatoms. The number of pyridine rings is 1. The summed E-state index contributed by atoms with van der Waals surface area (Å²) >= 11 is 1.63. The van der Waals surface area contributed by atoms with Gasteiger partial charge < -0.3 is 0 Å². The number of fused-ring (bicyclic) bond motifs is 1. The molecule has 0 aromatic carbocycles. The van der Waals surface area contributed by atoms with E-state index in [0.717, 1.165) is 28.6 Å². The Balaban J connectivity index is 2.35. The Morgan fingerprint density at radius 2 is 2.19 bits per heavy atom. The molecule has 0 aliphatic heterocycles. The largest absolute Gasteiger partial charge is 0.294 e. The minimum absolute atomic E-state index is 0.138. The van der Waals surface area contributed by atoms with Gasteiger partial charge in [-0.2, -0.15) is 0 Å². The predicted molar refractivity (Wildman–Crippen MR) is 68.0 cm³/mol. The standard InChI is InChI=1S/C13H15NOS/c1-3-9(4-2)13(15)10-7-12-11(14-8-10)5-6-16-12/h5-9H,3-4H2,1-2H3. The fourth-order valence-corrected chi connectivity index (χ4v) is 2.66. The van der Waals surface area contributed by atoms with Gasteiger partial charge in [-0.3, -0.25) is 9.78 Å². The van der Waals surface area contributed by atoms with Gasteiger partial charge in [0.25, 0.3) is 0 Å². The van der Waals surface area contributed by atoms with Crippen molar-refractivity contribution >= 4 is 27.3 Å². The first-order valence-electron chi connectivity index (χ1n) is 5.63. The summed E-state index contributed by atoms with van der Waals surface area (Å²) in [5, 5.41) is 2.00. The van der Waals surface area contributed by atoms with E-state index >= 15 is 0 Å². The van der Waals surface area contributed by atoms with Crippen molar-refractivity contribution in [1.82, 2.24) is 4.98 Å². The molecule has 84 valence electrons. The highest BCUT2D eigenvalue weighted by Gasteiger charge is 2.17. The van der Waals surface area contributed by atoms with Crippen LogP contribution in [0.1, 0.15) is 37.0 Å². The molecule has 2 aromatic heterocycles. The molecule has 0 fully saturated rings. The molecule has 0 bridgehead atoms. The maximum Gasteiger partial charge on any atom is 0.167 e. The second kappa shape index (κ2) is 4.74. The van der Waals surface area contributed by atoms with Gasteiger partial charge in [-0.25, -0.2) is 0 Å². The van der Waals surface area contributed by atoms with Gasteiger partial charge in [0.05, 0.1) is 10.2 Å². The van der Waals surface area contributed by atoms with Crippen LogP contribution in [0.5, 0.6) is 0 Å². The van der Waals surface area contributed by atoms with E-state index in [1.165, 1.54) is 0 Å². The van der Waals surface area contributed by atoms with E-state index < -0.39 is 0 Å². The van der Waals surface area contributed by atoms with E-state index in [4.69, 9.17) is 0 Å². The molecule has 0 radical (unpaired) electrons. The zero-order chi connectivity index (χ0) is 11.5. The van der Waals surface area contributed by atoms with Crippen molar-refractivity contribution in [1.29, 1.82) is 0 Å². The summed E-state index contributed by atoms with van der Waals surface area (Å²) in [6.45, 7) is 4.12. The minimum atomic E-state index is 0.138. The van der Waals surface area contributed by atoms with Crippen LogP contribution < -0.4 is 0 Å². The van der Waals surface area contributed by atoms with Gasteiger partial charge in [-0.05, 0) is 30.4 Å². The lowest BCUT2D eigenvalue weighted by Crippen LogP contribution is -2.13. The predicted octanol–water partition coefficient (Wildman–Crippen LogP) is 3.92. The van der Waals surface area contributed by atoms with Crippen LogP contribution in [0, 0.1) is 5.92 Å². The smallest absolute Gasteiger partial charge is 0.167 e. The normalized spacial score (nSPS) is 11.2. The Morgan fingerprint density at radius 3 is 2.88 bits per heavy atom. The second-order valence-electron chi connectivity index (χ2n) is 3.91. The molecule has 0 saturated carbocycles. The topological polar surface area (TPSA) is 30.0 Å². The number of rotatable bonds is 4. The van der Waals surface area contributed by atoms with Gasteiger partial charge in [0.1, 0.15) is 0 Å². The van der Waals surface area contributed by atoms with Gasteiger partial charge in [0.15, 0.2) is 5.78 Å². The van der Waals surface area contributed by atoms with Crippen LogP contribution in [0.25, 0.3) is 10.2 Å². The molecule has 0 aliphatic rings. The average Bonchev–Trinajstić information content (AvgIpc) is 2.77. The molecule has 0 spiro atoms. The van der Waals surface area contributed by atoms with Crippen molar-refractivity contribution < 1.29 is 4.79 Å². The van der Waals surface area contributed by atoms with Gasteiger partial charge in [-0.1, -0.05) is 13.8 Å². The highest BCUT2D eigenvalue weighted by atomic mass is 32.1. The molecule has 0 atom stereocenters. The molecule has 0 unspecified atom stereocenters. The Morgan fingerprint density at radius 1 is 1.44 bits per heavy atom. The number of carbonyl (C=O) groups is 1. The van der Waals surface area contributed by atoms with E-state index in [1.54, 1.807) is 17.5 Å². The van der Waals surface area contributed by atoms with Crippen molar-refractivity contribution in [2.24, 2.45) is 5.92 Å². The van der Waals surface area contributed by atoms with Crippen molar-refractivity contribution in [3.05, 3.63) is 29.3 Å². The summed E-state index contributed by atoms with van der Waals surface area (Å²) in [4.78, 5) is 16.4. The van der Waals surface area contributed by atoms with Gasteiger partial charge in [0.2, 0.25) is 0 Å². The monoisotopic (exact) mass is 233 g/mol. The first kappa shape index (κ1) is 11.3. The number of ketones is 1.